The number of rotatable bonds is 13. The number of carboxylic acid groups (broad SMARTS) is 2. The van der Waals surface area contributed by atoms with E-state index in [0.717, 1.165) is 36.4 Å². The SMILES string of the molecule is O=C(Cc1ccc(C(OC(=O)c2cc(I)ccc2O)C(F)(F)C(=O)O)cc1)Nc1c(I)cc(I)cc1C(=O)OC(c1ccccc1)C(F)(F)C(=O)O. The lowest BCUT2D eigenvalue weighted by atomic mass is 10.0. The Hall–Kier alpha value is -4.06. The third-order valence-corrected chi connectivity index (χ3v) is 9.29. The van der Waals surface area contributed by atoms with Crippen LogP contribution in [0.15, 0.2) is 84.9 Å². The van der Waals surface area contributed by atoms with Gasteiger partial charge in [0.25, 0.3) is 0 Å². The molecular weight excluding hydrogens is 1040 g/mol. The number of esters is 2. The molecule has 4 aromatic carbocycles. The molecule has 0 heterocycles. The van der Waals surface area contributed by atoms with Crippen LogP contribution in [0.5, 0.6) is 5.75 Å². The zero-order valence-electron chi connectivity index (χ0n) is 25.8. The van der Waals surface area contributed by atoms with Crippen LogP contribution < -0.4 is 5.32 Å². The van der Waals surface area contributed by atoms with Gasteiger partial charge in [-0.15, -0.1) is 0 Å². The molecule has 2 unspecified atom stereocenters. The second-order valence-electron chi connectivity index (χ2n) is 10.8. The third kappa shape index (κ3) is 9.48. The van der Waals surface area contributed by atoms with Crippen molar-refractivity contribution >= 4 is 103 Å². The van der Waals surface area contributed by atoms with Gasteiger partial charge in [0.2, 0.25) is 18.1 Å². The van der Waals surface area contributed by atoms with E-state index in [1.54, 1.807) is 51.2 Å². The van der Waals surface area contributed by atoms with Gasteiger partial charge in [-0.2, -0.15) is 17.6 Å². The lowest BCUT2D eigenvalue weighted by molar-refractivity contribution is -0.183. The Labute approximate surface area is 332 Å². The number of aromatic hydroxyl groups is 1. The van der Waals surface area contributed by atoms with Crippen LogP contribution in [0.4, 0.5) is 23.2 Å². The summed E-state index contributed by atoms with van der Waals surface area (Å²) in [5.41, 5.74) is -1.57. The number of ether oxygens (including phenoxy) is 2. The van der Waals surface area contributed by atoms with Crippen LogP contribution in [0, 0.1) is 10.7 Å². The van der Waals surface area contributed by atoms with Gasteiger partial charge in [0.15, 0.2) is 0 Å². The molecule has 18 heteroatoms. The van der Waals surface area contributed by atoms with Gasteiger partial charge in [0.05, 0.1) is 17.7 Å². The maximum Gasteiger partial charge on any atom is 0.382 e. The lowest BCUT2D eigenvalue weighted by Crippen LogP contribution is -2.38. The van der Waals surface area contributed by atoms with E-state index in [9.17, 15) is 56.9 Å². The largest absolute Gasteiger partial charge is 0.507 e. The van der Waals surface area contributed by atoms with Crippen molar-refractivity contribution in [2.45, 2.75) is 30.5 Å². The van der Waals surface area contributed by atoms with E-state index in [1.807, 2.05) is 22.6 Å². The second-order valence-corrected chi connectivity index (χ2v) is 14.4. The van der Waals surface area contributed by atoms with Crippen LogP contribution >= 0.6 is 67.8 Å². The van der Waals surface area contributed by atoms with Crippen LogP contribution in [-0.2, 0) is 30.3 Å². The molecule has 4 rings (SSSR count). The van der Waals surface area contributed by atoms with Crippen LogP contribution in [0.3, 0.4) is 0 Å². The molecule has 0 spiro atoms. The smallest absolute Gasteiger partial charge is 0.382 e. The van der Waals surface area contributed by atoms with Gasteiger partial charge in [-0.25, -0.2) is 19.2 Å². The first-order valence-electron chi connectivity index (χ1n) is 14.4. The molecule has 52 heavy (non-hydrogen) atoms. The van der Waals surface area contributed by atoms with Crippen molar-refractivity contribution in [2.75, 3.05) is 5.32 Å². The number of carboxylic acids is 2. The number of aliphatic carboxylic acids is 2. The van der Waals surface area contributed by atoms with E-state index in [1.165, 1.54) is 42.5 Å². The number of carbonyl (C=O) groups is 5. The van der Waals surface area contributed by atoms with Gasteiger partial charge in [-0.3, -0.25) is 4.79 Å². The molecule has 0 bridgehead atoms. The average molecular weight is 1060 g/mol. The van der Waals surface area contributed by atoms with Crippen molar-refractivity contribution in [1.29, 1.82) is 0 Å². The average Bonchev–Trinajstić information content (AvgIpc) is 3.08. The number of halogens is 7. The Bertz CT molecular complexity index is 2030. The zero-order chi connectivity index (χ0) is 38.5. The number of alkyl halides is 4. The van der Waals surface area contributed by atoms with Crippen molar-refractivity contribution in [3.63, 3.8) is 0 Å². The lowest BCUT2D eigenvalue weighted by Gasteiger charge is -2.25. The quantitative estimate of drug-likeness (QED) is 0.0592. The predicted molar refractivity (Wildman–Crippen MR) is 199 cm³/mol. The van der Waals surface area contributed by atoms with Gasteiger partial charge in [-0.1, -0.05) is 54.6 Å². The highest BCUT2D eigenvalue weighted by Crippen LogP contribution is 2.38. The highest BCUT2D eigenvalue weighted by Gasteiger charge is 2.52. The molecule has 2 atom stereocenters. The summed E-state index contributed by atoms with van der Waals surface area (Å²) in [6, 6.07) is 17.4. The molecule has 0 aliphatic heterocycles. The topological polar surface area (TPSA) is 177 Å². The van der Waals surface area contributed by atoms with Crippen molar-refractivity contribution in [3.05, 3.63) is 123 Å². The number of carbonyl (C=O) groups excluding carboxylic acids is 3. The molecule has 0 saturated carbocycles. The monoisotopic (exact) mass is 1060 g/mol. The van der Waals surface area contributed by atoms with Gasteiger partial charge in [-0.05, 0) is 115 Å². The van der Waals surface area contributed by atoms with Crippen LogP contribution in [-0.4, -0.2) is 56.9 Å². The molecule has 272 valence electrons. The highest BCUT2D eigenvalue weighted by atomic mass is 127. The molecule has 0 aliphatic rings. The summed E-state index contributed by atoms with van der Waals surface area (Å²) in [6.45, 7) is 0. The van der Waals surface area contributed by atoms with Crippen LogP contribution in [0.2, 0.25) is 0 Å². The maximum absolute atomic E-state index is 14.8. The normalized spacial score (nSPS) is 12.7. The number of hydrogen-bond acceptors (Lipinski definition) is 8. The number of benzene rings is 4. The van der Waals surface area contributed by atoms with Crippen molar-refractivity contribution in [3.8, 4) is 5.75 Å². The van der Waals surface area contributed by atoms with E-state index in [2.05, 4.69) is 5.32 Å². The van der Waals surface area contributed by atoms with Crippen LogP contribution in [0.1, 0.15) is 49.6 Å². The molecule has 0 radical (unpaired) electrons. The van der Waals surface area contributed by atoms with Gasteiger partial charge < -0.3 is 30.1 Å². The predicted octanol–water partition coefficient (Wildman–Crippen LogP) is 7.62. The molecule has 4 N–H and O–H groups in total. The summed E-state index contributed by atoms with van der Waals surface area (Å²) < 4.78 is 70.4. The summed E-state index contributed by atoms with van der Waals surface area (Å²) in [7, 11) is 0. The number of amides is 1. The Morgan fingerprint density at radius 3 is 1.71 bits per heavy atom. The van der Waals surface area contributed by atoms with E-state index in [4.69, 9.17) is 9.47 Å². The minimum atomic E-state index is -4.62. The second kappa shape index (κ2) is 16.7. The number of anilines is 1. The Kier molecular flexibility index (Phi) is 13.1. The molecule has 0 saturated heterocycles. The van der Waals surface area contributed by atoms with E-state index < -0.39 is 77.1 Å². The summed E-state index contributed by atoms with van der Waals surface area (Å²) in [5, 5.41) is 30.9. The zero-order valence-corrected chi connectivity index (χ0v) is 32.3. The van der Waals surface area contributed by atoms with E-state index in [0.29, 0.717) is 7.14 Å². The van der Waals surface area contributed by atoms with Crippen molar-refractivity contribution in [2.24, 2.45) is 0 Å². The first-order chi connectivity index (χ1) is 24.3. The molecule has 4 aromatic rings. The number of hydrogen-bond donors (Lipinski definition) is 4. The summed E-state index contributed by atoms with van der Waals surface area (Å²) in [4.78, 5) is 62.1. The summed E-state index contributed by atoms with van der Waals surface area (Å²) >= 11 is 5.41. The molecule has 0 aliphatic carbocycles. The highest BCUT2D eigenvalue weighted by molar-refractivity contribution is 14.1. The summed E-state index contributed by atoms with van der Waals surface area (Å²) in [6.07, 6.45) is -5.63. The third-order valence-electron chi connectivity index (χ3n) is 7.15. The fraction of sp³-hybridized carbons (Fsp3) is 0.147. The Balaban J connectivity index is 1.57. The van der Waals surface area contributed by atoms with E-state index >= 15 is 0 Å². The number of nitrogens with one attached hydrogen (secondary N) is 1. The number of phenolic OH excluding ortho intramolecular Hbond substituents is 1. The van der Waals surface area contributed by atoms with Gasteiger partial charge in [0, 0.05) is 10.7 Å². The first-order valence-corrected chi connectivity index (χ1v) is 17.6. The van der Waals surface area contributed by atoms with Gasteiger partial charge >= 0.3 is 35.7 Å². The molecule has 11 nitrogen and oxygen atoms in total. The van der Waals surface area contributed by atoms with Crippen molar-refractivity contribution in [1.82, 2.24) is 0 Å². The molecular formula is C34H22F4I3NO10. The minimum absolute atomic E-state index is 0.148. The molecule has 1 amide bonds. The fourth-order valence-corrected chi connectivity index (χ4v) is 7.08. The minimum Gasteiger partial charge on any atom is -0.507 e. The Morgan fingerprint density at radius 1 is 0.673 bits per heavy atom. The fourth-order valence-electron chi connectivity index (χ4n) is 4.61. The number of phenols is 1. The maximum atomic E-state index is 14.8. The molecule has 0 aromatic heterocycles. The van der Waals surface area contributed by atoms with Crippen LogP contribution in [0.25, 0.3) is 0 Å². The van der Waals surface area contributed by atoms with E-state index in [-0.39, 0.29) is 25.9 Å². The molecule has 0 fully saturated rings. The van der Waals surface area contributed by atoms with Crippen molar-refractivity contribution < 1.29 is 66.3 Å². The van der Waals surface area contributed by atoms with Gasteiger partial charge in [0.1, 0.15) is 11.3 Å². The summed E-state index contributed by atoms with van der Waals surface area (Å²) in [5.74, 6) is -18.4. The Morgan fingerprint density at radius 2 is 1.17 bits per heavy atom. The first kappa shape index (κ1) is 40.7. The standard InChI is InChI=1S/C34H22F4I3NO10/c35-33(36,31(47)48)27(17-4-2-1-3-5-17)52-30(46)22-14-20(40)15-23(41)26(22)42-25(44)12-16-6-8-18(9-7-16)28(34(37,38)32(49)50)51-29(45)21-13-19(39)10-11-24(21)43/h1-11,13-15,27-28,43H,12H2,(H,42,44)(H,47,48)(H,49,50).